The molecule has 1 aromatic carbocycles. The highest BCUT2D eigenvalue weighted by Crippen LogP contribution is 2.18. The number of ether oxygens (including phenoxy) is 1. The van der Waals surface area contributed by atoms with Gasteiger partial charge in [-0.25, -0.2) is 0 Å². The molecule has 6 nitrogen and oxygen atoms in total. The van der Waals surface area contributed by atoms with Crippen LogP contribution < -0.4 is 5.32 Å². The van der Waals surface area contributed by atoms with Gasteiger partial charge in [-0.3, -0.25) is 14.5 Å². The van der Waals surface area contributed by atoms with Gasteiger partial charge in [0.1, 0.15) is 0 Å². The van der Waals surface area contributed by atoms with Crippen LogP contribution in [0.4, 0.5) is 0 Å². The molecule has 0 atom stereocenters. The quantitative estimate of drug-likeness (QED) is 0.564. The van der Waals surface area contributed by atoms with Gasteiger partial charge in [0.05, 0.1) is 19.7 Å². The number of methoxy groups -OCH3 is 1. The lowest BCUT2D eigenvalue weighted by atomic mass is 10.1. The summed E-state index contributed by atoms with van der Waals surface area (Å²) in [6, 6.07) is 7.67. The highest BCUT2D eigenvalue weighted by Gasteiger charge is 2.15. The van der Waals surface area contributed by atoms with Gasteiger partial charge in [0.15, 0.2) is 5.78 Å². The number of ketones is 1. The number of para-hydroxylation sites is 1. The van der Waals surface area contributed by atoms with Gasteiger partial charge in [-0.15, -0.1) is 0 Å². The van der Waals surface area contributed by atoms with Crippen LogP contribution in [0.2, 0.25) is 0 Å². The molecule has 1 aromatic heterocycles. The zero-order chi connectivity index (χ0) is 15.9. The Morgan fingerprint density at radius 2 is 2.05 bits per heavy atom. The number of likely N-dealkylation sites (N-methyl/N-ethyl adjacent to an activating group) is 1. The molecule has 0 aliphatic rings. The molecule has 2 rings (SSSR count). The fraction of sp³-hybridized carbons (Fsp3) is 0.375. The van der Waals surface area contributed by atoms with Crippen LogP contribution in [-0.4, -0.2) is 62.0 Å². The highest BCUT2D eigenvalue weighted by atomic mass is 16.5. The Balaban J connectivity index is 1.90. The molecule has 0 spiro atoms. The van der Waals surface area contributed by atoms with Crippen molar-refractivity contribution in [3.05, 3.63) is 36.0 Å². The Bertz CT molecular complexity index is 651. The number of aromatic nitrogens is 1. The van der Waals surface area contributed by atoms with Gasteiger partial charge in [-0.1, -0.05) is 18.2 Å². The van der Waals surface area contributed by atoms with Crippen LogP contribution >= 0.6 is 0 Å². The number of carbonyl (C=O) groups excluding carboxylic acids is 2. The maximum atomic E-state index is 12.4. The summed E-state index contributed by atoms with van der Waals surface area (Å²) in [4.78, 5) is 28.8. The average molecular weight is 303 g/mol. The number of carbonyl (C=O) groups is 2. The van der Waals surface area contributed by atoms with Crippen LogP contribution in [0.25, 0.3) is 10.9 Å². The van der Waals surface area contributed by atoms with Gasteiger partial charge in [0.25, 0.3) is 0 Å². The molecule has 118 valence electrons. The maximum absolute atomic E-state index is 12.4. The predicted molar refractivity (Wildman–Crippen MR) is 85.0 cm³/mol. The monoisotopic (exact) mass is 303 g/mol. The molecule has 1 amide bonds. The normalized spacial score (nSPS) is 11.0. The third kappa shape index (κ3) is 4.16. The number of amides is 1. The number of fused-ring (bicyclic) bond motifs is 1. The number of nitrogens with one attached hydrogen (secondary N) is 2. The number of benzene rings is 1. The zero-order valence-corrected chi connectivity index (χ0v) is 12.9. The second-order valence-corrected chi connectivity index (χ2v) is 5.19. The van der Waals surface area contributed by atoms with Gasteiger partial charge in [0, 0.05) is 36.3 Å². The van der Waals surface area contributed by atoms with E-state index in [-0.39, 0.29) is 24.8 Å². The zero-order valence-electron chi connectivity index (χ0n) is 12.9. The van der Waals surface area contributed by atoms with Crippen molar-refractivity contribution in [3.8, 4) is 0 Å². The SMILES string of the molecule is COCCNC(=O)CN(C)CC(=O)c1c[nH]c2ccccc12. The number of aromatic amines is 1. The minimum Gasteiger partial charge on any atom is -0.383 e. The molecular formula is C16H21N3O3. The highest BCUT2D eigenvalue weighted by molar-refractivity contribution is 6.08. The fourth-order valence-corrected chi connectivity index (χ4v) is 2.28. The van der Waals surface area contributed by atoms with Gasteiger partial charge >= 0.3 is 0 Å². The molecule has 2 aromatic rings. The van der Waals surface area contributed by atoms with Crippen molar-refractivity contribution in [2.45, 2.75) is 0 Å². The summed E-state index contributed by atoms with van der Waals surface area (Å²) in [5.41, 5.74) is 1.59. The molecule has 22 heavy (non-hydrogen) atoms. The van der Waals surface area contributed by atoms with Crippen LogP contribution in [-0.2, 0) is 9.53 Å². The minimum atomic E-state index is -0.119. The molecule has 0 unspecified atom stereocenters. The van der Waals surface area contributed by atoms with Crippen molar-refractivity contribution < 1.29 is 14.3 Å². The summed E-state index contributed by atoms with van der Waals surface area (Å²) in [5, 5.41) is 3.64. The average Bonchev–Trinajstić information content (AvgIpc) is 2.91. The van der Waals surface area contributed by atoms with Gasteiger partial charge in [0.2, 0.25) is 5.91 Å². The van der Waals surface area contributed by atoms with E-state index in [1.165, 1.54) is 0 Å². The number of H-pyrrole nitrogens is 1. The third-order valence-corrected chi connectivity index (χ3v) is 3.35. The van der Waals surface area contributed by atoms with E-state index in [2.05, 4.69) is 10.3 Å². The topological polar surface area (TPSA) is 74.4 Å². The van der Waals surface area contributed by atoms with Crippen LogP contribution in [0, 0.1) is 0 Å². The minimum absolute atomic E-state index is 0.00959. The molecule has 0 aliphatic heterocycles. The van der Waals surface area contributed by atoms with Crippen LogP contribution in [0.15, 0.2) is 30.5 Å². The first kappa shape index (κ1) is 16.2. The number of nitrogens with zero attached hydrogens (tertiary/aromatic N) is 1. The molecule has 0 aliphatic carbocycles. The Morgan fingerprint density at radius 1 is 1.27 bits per heavy atom. The number of hydrogen-bond acceptors (Lipinski definition) is 4. The van der Waals surface area contributed by atoms with E-state index >= 15 is 0 Å². The summed E-state index contributed by atoms with van der Waals surface area (Å²) in [6.45, 7) is 1.32. The van der Waals surface area contributed by atoms with Crippen molar-refractivity contribution in [2.24, 2.45) is 0 Å². The molecule has 0 fully saturated rings. The lowest BCUT2D eigenvalue weighted by Crippen LogP contribution is -2.38. The lowest BCUT2D eigenvalue weighted by Gasteiger charge is -2.15. The molecule has 6 heteroatoms. The smallest absolute Gasteiger partial charge is 0.234 e. The van der Waals surface area contributed by atoms with E-state index in [1.807, 2.05) is 24.3 Å². The molecular weight excluding hydrogens is 282 g/mol. The lowest BCUT2D eigenvalue weighted by molar-refractivity contribution is -0.122. The summed E-state index contributed by atoms with van der Waals surface area (Å²) in [5.74, 6) is -0.129. The molecule has 0 saturated carbocycles. The molecule has 0 saturated heterocycles. The first-order chi connectivity index (χ1) is 10.6. The van der Waals surface area contributed by atoms with E-state index in [0.29, 0.717) is 18.7 Å². The Hall–Kier alpha value is -2.18. The van der Waals surface area contributed by atoms with Gasteiger partial charge in [-0.05, 0) is 13.1 Å². The van der Waals surface area contributed by atoms with Crippen molar-refractivity contribution in [3.63, 3.8) is 0 Å². The maximum Gasteiger partial charge on any atom is 0.234 e. The fourth-order valence-electron chi connectivity index (χ4n) is 2.28. The number of hydrogen-bond donors (Lipinski definition) is 2. The molecule has 1 heterocycles. The first-order valence-electron chi connectivity index (χ1n) is 7.15. The van der Waals surface area contributed by atoms with Crippen LogP contribution in [0.3, 0.4) is 0 Å². The van der Waals surface area contributed by atoms with Crippen molar-refractivity contribution >= 4 is 22.6 Å². The summed E-state index contributed by atoms with van der Waals surface area (Å²) >= 11 is 0. The van der Waals surface area contributed by atoms with Crippen LogP contribution in [0.5, 0.6) is 0 Å². The summed E-state index contributed by atoms with van der Waals surface area (Å²) in [7, 11) is 3.33. The van der Waals surface area contributed by atoms with E-state index < -0.39 is 0 Å². The Kier molecular flexibility index (Phi) is 5.68. The van der Waals surface area contributed by atoms with Crippen molar-refractivity contribution in [1.82, 2.24) is 15.2 Å². The second-order valence-electron chi connectivity index (χ2n) is 5.19. The third-order valence-electron chi connectivity index (χ3n) is 3.35. The second kappa shape index (κ2) is 7.72. The Labute approximate surface area is 129 Å². The number of rotatable bonds is 8. The first-order valence-corrected chi connectivity index (χ1v) is 7.15. The largest absolute Gasteiger partial charge is 0.383 e. The summed E-state index contributed by atoms with van der Waals surface area (Å²) in [6.07, 6.45) is 1.72. The molecule has 2 N–H and O–H groups in total. The van der Waals surface area contributed by atoms with E-state index in [1.54, 1.807) is 25.3 Å². The van der Waals surface area contributed by atoms with Crippen molar-refractivity contribution in [1.29, 1.82) is 0 Å². The van der Waals surface area contributed by atoms with Crippen molar-refractivity contribution in [2.75, 3.05) is 40.4 Å². The number of Topliss-reactive ketones (excluding diaryl/α,β-unsaturated/α-hetero) is 1. The van der Waals surface area contributed by atoms with E-state index in [0.717, 1.165) is 10.9 Å². The van der Waals surface area contributed by atoms with E-state index in [4.69, 9.17) is 4.74 Å². The predicted octanol–water partition coefficient (Wildman–Crippen LogP) is 1.05. The van der Waals surface area contributed by atoms with Gasteiger partial charge in [-0.2, -0.15) is 0 Å². The standard InChI is InChI=1S/C16H21N3O3/c1-19(11-16(21)17-7-8-22-2)10-15(20)13-9-18-14-6-4-3-5-12(13)14/h3-6,9,18H,7-8,10-11H2,1-2H3,(H,17,21). The van der Waals surface area contributed by atoms with E-state index in [9.17, 15) is 9.59 Å². The summed E-state index contributed by atoms with van der Waals surface area (Å²) < 4.78 is 4.87. The Morgan fingerprint density at radius 3 is 2.82 bits per heavy atom. The van der Waals surface area contributed by atoms with Gasteiger partial charge < -0.3 is 15.0 Å². The molecule has 0 bridgehead atoms. The van der Waals surface area contributed by atoms with Crippen LogP contribution in [0.1, 0.15) is 10.4 Å². The molecule has 0 radical (unpaired) electrons.